The molecule has 0 spiro atoms. The van der Waals surface area contributed by atoms with Crippen LogP contribution in [0.3, 0.4) is 0 Å². The van der Waals surface area contributed by atoms with Gasteiger partial charge in [0.15, 0.2) is 5.69 Å². The molecule has 3 aromatic rings. The van der Waals surface area contributed by atoms with E-state index in [2.05, 4.69) is 10.3 Å². The number of benzene rings is 2. The van der Waals surface area contributed by atoms with Gasteiger partial charge in [-0.05, 0) is 31.4 Å². The van der Waals surface area contributed by atoms with E-state index >= 15 is 0 Å². The van der Waals surface area contributed by atoms with Crippen molar-refractivity contribution >= 4 is 11.6 Å². The first-order valence-electron chi connectivity index (χ1n) is 9.09. The van der Waals surface area contributed by atoms with Crippen LogP contribution in [0.2, 0.25) is 0 Å². The van der Waals surface area contributed by atoms with Gasteiger partial charge in [-0.15, -0.1) is 5.10 Å². The number of non-ortho nitro benzene ring substituents is 1. The third kappa shape index (κ3) is 3.13. The van der Waals surface area contributed by atoms with Crippen LogP contribution in [0.25, 0.3) is 5.69 Å². The van der Waals surface area contributed by atoms with E-state index in [4.69, 9.17) is 0 Å². The molecule has 0 radical (unpaired) electrons. The molecule has 1 aliphatic rings. The van der Waals surface area contributed by atoms with Gasteiger partial charge in [-0.3, -0.25) is 14.9 Å². The number of carbonyl (C=O) groups excluding carboxylic acids is 1. The predicted octanol–water partition coefficient (Wildman–Crippen LogP) is 3.46. The van der Waals surface area contributed by atoms with Gasteiger partial charge in [-0.2, -0.15) is 0 Å². The lowest BCUT2D eigenvalue weighted by atomic mass is 10.0. The molecule has 0 N–H and O–H groups in total. The summed E-state index contributed by atoms with van der Waals surface area (Å²) in [6.07, 6.45) is 1.84. The number of nitro groups is 1. The second-order valence-corrected chi connectivity index (χ2v) is 6.78. The van der Waals surface area contributed by atoms with Crippen molar-refractivity contribution in [3.05, 3.63) is 81.7 Å². The monoisotopic (exact) mass is 377 g/mol. The smallest absolute Gasteiger partial charge is 0.276 e. The van der Waals surface area contributed by atoms with Gasteiger partial charge >= 0.3 is 0 Å². The van der Waals surface area contributed by atoms with Gasteiger partial charge < -0.3 is 4.90 Å². The molecule has 0 saturated carbocycles. The number of likely N-dealkylation sites (tertiary alicyclic amines) is 1. The molecule has 2 aromatic carbocycles. The summed E-state index contributed by atoms with van der Waals surface area (Å²) in [6, 6.07) is 16.1. The van der Waals surface area contributed by atoms with Crippen LogP contribution in [0.1, 0.15) is 40.6 Å². The van der Waals surface area contributed by atoms with E-state index in [0.29, 0.717) is 17.9 Å². The second-order valence-electron chi connectivity index (χ2n) is 6.78. The van der Waals surface area contributed by atoms with Gasteiger partial charge in [0, 0.05) is 18.7 Å². The van der Waals surface area contributed by atoms with Crippen molar-refractivity contribution in [3.8, 4) is 5.69 Å². The highest BCUT2D eigenvalue weighted by Gasteiger charge is 2.33. The number of rotatable bonds is 4. The summed E-state index contributed by atoms with van der Waals surface area (Å²) >= 11 is 0. The quantitative estimate of drug-likeness (QED) is 0.513. The molecule has 1 atom stereocenters. The maximum Gasteiger partial charge on any atom is 0.276 e. The van der Waals surface area contributed by atoms with Crippen LogP contribution < -0.4 is 0 Å². The van der Waals surface area contributed by atoms with E-state index in [1.807, 2.05) is 35.2 Å². The molecule has 2 heterocycles. The summed E-state index contributed by atoms with van der Waals surface area (Å²) in [7, 11) is 0. The van der Waals surface area contributed by atoms with E-state index in [1.165, 1.54) is 16.8 Å². The zero-order valence-corrected chi connectivity index (χ0v) is 15.4. The van der Waals surface area contributed by atoms with Crippen molar-refractivity contribution < 1.29 is 9.72 Å². The van der Waals surface area contributed by atoms with Crippen molar-refractivity contribution in [1.29, 1.82) is 0 Å². The number of hydrogen-bond donors (Lipinski definition) is 0. The Labute approximate surface area is 161 Å². The Bertz CT molecular complexity index is 1030. The molecule has 1 saturated heterocycles. The standard InChI is InChI=1S/C20H19N5O3/c1-14-19(21-22-24(14)16-9-5-10-17(13-16)25(27)28)20(26)23-12-6-11-18(23)15-7-3-2-4-8-15/h2-5,7-10,13,18H,6,11-12H2,1H3. The van der Waals surface area contributed by atoms with E-state index in [9.17, 15) is 14.9 Å². The predicted molar refractivity (Wildman–Crippen MR) is 102 cm³/mol. The van der Waals surface area contributed by atoms with Crippen LogP contribution in [0.15, 0.2) is 54.6 Å². The first-order valence-corrected chi connectivity index (χ1v) is 9.09. The summed E-state index contributed by atoms with van der Waals surface area (Å²) in [5.41, 5.74) is 2.40. The molecule has 1 aromatic heterocycles. The van der Waals surface area contributed by atoms with Gasteiger partial charge in [0.05, 0.1) is 22.3 Å². The lowest BCUT2D eigenvalue weighted by Gasteiger charge is -2.24. The molecule has 0 bridgehead atoms. The highest BCUT2D eigenvalue weighted by atomic mass is 16.6. The molecule has 1 unspecified atom stereocenters. The molecule has 1 amide bonds. The number of hydrogen-bond acceptors (Lipinski definition) is 5. The lowest BCUT2D eigenvalue weighted by Crippen LogP contribution is -2.31. The zero-order valence-electron chi connectivity index (χ0n) is 15.4. The highest BCUT2D eigenvalue weighted by Crippen LogP contribution is 2.33. The van der Waals surface area contributed by atoms with Crippen molar-refractivity contribution in [1.82, 2.24) is 19.9 Å². The maximum absolute atomic E-state index is 13.2. The van der Waals surface area contributed by atoms with Crippen molar-refractivity contribution in [3.63, 3.8) is 0 Å². The van der Waals surface area contributed by atoms with Crippen LogP contribution in [0, 0.1) is 17.0 Å². The number of amides is 1. The molecule has 142 valence electrons. The first-order chi connectivity index (χ1) is 13.6. The van der Waals surface area contributed by atoms with Crippen LogP contribution in [-0.4, -0.2) is 37.3 Å². The SMILES string of the molecule is Cc1c(C(=O)N2CCCC2c2ccccc2)nnn1-c1cccc([N+](=O)[O-])c1. The minimum atomic E-state index is -0.462. The minimum absolute atomic E-state index is 0.0241. The molecule has 28 heavy (non-hydrogen) atoms. The number of aromatic nitrogens is 3. The largest absolute Gasteiger partial charge is 0.330 e. The molecular formula is C20H19N5O3. The molecule has 8 nitrogen and oxygen atoms in total. The van der Waals surface area contributed by atoms with Gasteiger partial charge in [0.1, 0.15) is 0 Å². The zero-order chi connectivity index (χ0) is 19.7. The number of nitrogens with zero attached hydrogens (tertiary/aromatic N) is 5. The molecular weight excluding hydrogens is 358 g/mol. The Morgan fingerprint density at radius 3 is 2.71 bits per heavy atom. The van der Waals surface area contributed by atoms with Crippen molar-refractivity contribution in [2.75, 3.05) is 6.54 Å². The highest BCUT2D eigenvalue weighted by molar-refractivity contribution is 5.93. The topological polar surface area (TPSA) is 94.2 Å². The van der Waals surface area contributed by atoms with Crippen LogP contribution in [0.5, 0.6) is 0 Å². The fourth-order valence-corrected chi connectivity index (χ4v) is 3.68. The maximum atomic E-state index is 13.2. The van der Waals surface area contributed by atoms with Gasteiger partial charge in [0.2, 0.25) is 0 Å². The van der Waals surface area contributed by atoms with Crippen LogP contribution in [-0.2, 0) is 0 Å². The summed E-state index contributed by atoms with van der Waals surface area (Å²) in [4.78, 5) is 25.6. The second kappa shape index (κ2) is 7.22. The third-order valence-electron chi connectivity index (χ3n) is 5.08. The average Bonchev–Trinajstić information content (AvgIpc) is 3.35. The molecule has 8 heteroatoms. The first kappa shape index (κ1) is 17.8. The molecule has 1 fully saturated rings. The molecule has 1 aliphatic heterocycles. The van der Waals surface area contributed by atoms with Crippen LogP contribution in [0.4, 0.5) is 5.69 Å². The Morgan fingerprint density at radius 2 is 1.96 bits per heavy atom. The van der Waals surface area contributed by atoms with Gasteiger partial charge in [0.25, 0.3) is 11.6 Å². The number of carbonyl (C=O) groups is 1. The van der Waals surface area contributed by atoms with Gasteiger partial charge in [-0.25, -0.2) is 4.68 Å². The third-order valence-corrected chi connectivity index (χ3v) is 5.08. The van der Waals surface area contributed by atoms with Crippen LogP contribution >= 0.6 is 0 Å². The van der Waals surface area contributed by atoms with E-state index in [0.717, 1.165) is 18.4 Å². The normalized spacial score (nSPS) is 16.3. The average molecular weight is 377 g/mol. The lowest BCUT2D eigenvalue weighted by molar-refractivity contribution is -0.384. The Morgan fingerprint density at radius 1 is 1.18 bits per heavy atom. The summed E-state index contributed by atoms with van der Waals surface area (Å²) in [5, 5.41) is 19.2. The molecule has 4 rings (SSSR count). The van der Waals surface area contributed by atoms with Crippen molar-refractivity contribution in [2.45, 2.75) is 25.8 Å². The van der Waals surface area contributed by atoms with E-state index < -0.39 is 4.92 Å². The van der Waals surface area contributed by atoms with Crippen molar-refractivity contribution in [2.24, 2.45) is 0 Å². The van der Waals surface area contributed by atoms with E-state index in [1.54, 1.807) is 19.1 Å². The van der Waals surface area contributed by atoms with Gasteiger partial charge in [-0.1, -0.05) is 41.6 Å². The summed E-state index contributed by atoms with van der Waals surface area (Å²) in [6.45, 7) is 2.42. The Kier molecular flexibility index (Phi) is 4.60. The minimum Gasteiger partial charge on any atom is -0.330 e. The number of nitro benzene ring substituents is 1. The fraction of sp³-hybridized carbons (Fsp3) is 0.250. The Hall–Kier alpha value is -3.55. The summed E-state index contributed by atoms with van der Waals surface area (Å²) < 4.78 is 1.47. The summed E-state index contributed by atoms with van der Waals surface area (Å²) in [5.74, 6) is -0.166. The molecule has 0 aliphatic carbocycles. The Balaban J connectivity index is 1.65. The fourth-order valence-electron chi connectivity index (χ4n) is 3.68. The van der Waals surface area contributed by atoms with E-state index in [-0.39, 0.29) is 23.3 Å².